The van der Waals surface area contributed by atoms with Crippen LogP contribution < -0.4 is 25.4 Å². The van der Waals surface area contributed by atoms with Gasteiger partial charge in [-0.15, -0.1) is 0 Å². The number of rotatable bonds is 9. The standard InChI is InChI=1S/C23H27ClN6O3S/c1-33-21-12-16(15-8-10-25-11-9-15)6-7-20(21)29-23-26-14-18(24)22(30-23)28-19-5-3-2-4-17(19)13-27-34(31)32/h2-7,12,14-15,25,27H,8-11,13H2,1H3,(H,31,32)(H2,26,28,29,30). The van der Waals surface area contributed by atoms with Gasteiger partial charge in [-0.25, -0.2) is 13.9 Å². The van der Waals surface area contributed by atoms with E-state index in [1.54, 1.807) is 7.11 Å². The summed E-state index contributed by atoms with van der Waals surface area (Å²) < 4.78 is 28.1. The molecule has 2 heterocycles. The Balaban J connectivity index is 1.53. The van der Waals surface area contributed by atoms with Crippen LogP contribution in [0.4, 0.5) is 23.1 Å². The Labute approximate surface area is 206 Å². The second-order valence-corrected chi connectivity index (χ2v) is 9.05. The number of nitrogens with zero attached hydrogens (tertiary/aromatic N) is 2. The first-order valence-electron chi connectivity index (χ1n) is 10.9. The molecule has 9 nitrogen and oxygen atoms in total. The molecule has 5 N–H and O–H groups in total. The molecular weight excluding hydrogens is 476 g/mol. The first-order chi connectivity index (χ1) is 16.5. The van der Waals surface area contributed by atoms with E-state index in [1.807, 2.05) is 30.3 Å². The van der Waals surface area contributed by atoms with E-state index in [0.29, 0.717) is 28.4 Å². The Kier molecular flexibility index (Phi) is 8.30. The molecule has 180 valence electrons. The van der Waals surface area contributed by atoms with Gasteiger partial charge in [0.05, 0.1) is 19.0 Å². The summed E-state index contributed by atoms with van der Waals surface area (Å²) in [5, 5.41) is 10.1. The van der Waals surface area contributed by atoms with E-state index in [0.717, 1.165) is 42.9 Å². The highest BCUT2D eigenvalue weighted by atomic mass is 35.5. The first-order valence-corrected chi connectivity index (χ1v) is 12.4. The van der Waals surface area contributed by atoms with Gasteiger partial charge in [0.2, 0.25) is 17.2 Å². The van der Waals surface area contributed by atoms with Gasteiger partial charge in [0, 0.05) is 12.2 Å². The Morgan fingerprint density at radius 3 is 2.74 bits per heavy atom. The summed E-state index contributed by atoms with van der Waals surface area (Å²) in [4.78, 5) is 8.83. The Hall–Kier alpha value is -2.76. The maximum Gasteiger partial charge on any atom is 0.232 e. The molecule has 1 unspecified atom stereocenters. The lowest BCUT2D eigenvalue weighted by Gasteiger charge is -2.24. The van der Waals surface area contributed by atoms with Crippen molar-refractivity contribution in [2.75, 3.05) is 30.8 Å². The summed E-state index contributed by atoms with van der Waals surface area (Å²) in [5.41, 5.74) is 3.50. The molecule has 0 bridgehead atoms. The van der Waals surface area contributed by atoms with Gasteiger partial charge >= 0.3 is 0 Å². The number of aromatic nitrogens is 2. The van der Waals surface area contributed by atoms with Crippen molar-refractivity contribution < 1.29 is 13.5 Å². The van der Waals surface area contributed by atoms with Crippen LogP contribution in [0, 0.1) is 0 Å². The van der Waals surface area contributed by atoms with Gasteiger partial charge in [-0.3, -0.25) is 4.55 Å². The zero-order valence-corrected chi connectivity index (χ0v) is 20.2. The minimum absolute atomic E-state index is 0.195. The average molecular weight is 503 g/mol. The lowest BCUT2D eigenvalue weighted by molar-refractivity contribution is 0.413. The minimum Gasteiger partial charge on any atom is -0.495 e. The second kappa shape index (κ2) is 11.6. The van der Waals surface area contributed by atoms with Crippen LogP contribution in [0.3, 0.4) is 0 Å². The Bertz CT molecular complexity index is 1160. The third-order valence-electron chi connectivity index (χ3n) is 5.68. The molecule has 0 saturated carbocycles. The molecule has 1 saturated heterocycles. The zero-order chi connectivity index (χ0) is 23.9. The average Bonchev–Trinajstić information content (AvgIpc) is 2.86. The summed E-state index contributed by atoms with van der Waals surface area (Å²) in [6.07, 6.45) is 3.73. The van der Waals surface area contributed by atoms with Crippen LogP contribution in [0.2, 0.25) is 5.02 Å². The first kappa shape index (κ1) is 24.4. The molecule has 0 radical (unpaired) electrons. The van der Waals surface area contributed by atoms with Crippen molar-refractivity contribution in [1.82, 2.24) is 20.0 Å². The Morgan fingerprint density at radius 2 is 1.97 bits per heavy atom. The van der Waals surface area contributed by atoms with Crippen LogP contribution in [-0.2, 0) is 17.8 Å². The minimum atomic E-state index is -2.11. The molecule has 2 aromatic carbocycles. The van der Waals surface area contributed by atoms with E-state index in [2.05, 4.69) is 42.8 Å². The van der Waals surface area contributed by atoms with Crippen molar-refractivity contribution in [3.05, 3.63) is 64.8 Å². The number of anilines is 4. The highest BCUT2D eigenvalue weighted by molar-refractivity contribution is 7.77. The van der Waals surface area contributed by atoms with Gasteiger partial charge in [-0.1, -0.05) is 35.9 Å². The van der Waals surface area contributed by atoms with Crippen molar-refractivity contribution in [3.63, 3.8) is 0 Å². The topological polar surface area (TPSA) is 120 Å². The third kappa shape index (κ3) is 6.22. The van der Waals surface area contributed by atoms with E-state index < -0.39 is 11.3 Å². The van der Waals surface area contributed by atoms with Crippen LogP contribution in [0.5, 0.6) is 5.75 Å². The van der Waals surface area contributed by atoms with Crippen LogP contribution >= 0.6 is 11.6 Å². The number of methoxy groups -OCH3 is 1. The van der Waals surface area contributed by atoms with E-state index in [1.165, 1.54) is 11.8 Å². The second-order valence-electron chi connectivity index (χ2n) is 7.85. The number of piperidine rings is 1. The molecule has 0 amide bonds. The van der Waals surface area contributed by atoms with Crippen LogP contribution in [0.1, 0.15) is 29.9 Å². The molecular formula is C23H27ClN6O3S. The number of ether oxygens (including phenoxy) is 1. The van der Waals surface area contributed by atoms with E-state index in [9.17, 15) is 4.21 Å². The molecule has 11 heteroatoms. The highest BCUT2D eigenvalue weighted by Crippen LogP contribution is 2.34. The van der Waals surface area contributed by atoms with Gasteiger partial charge in [0.1, 0.15) is 10.8 Å². The predicted octanol–water partition coefficient (Wildman–Crippen LogP) is 4.32. The molecule has 1 aromatic heterocycles. The Morgan fingerprint density at radius 1 is 1.18 bits per heavy atom. The fourth-order valence-electron chi connectivity index (χ4n) is 3.92. The number of hydrogen-bond donors (Lipinski definition) is 5. The van der Waals surface area contributed by atoms with Crippen molar-refractivity contribution in [1.29, 1.82) is 0 Å². The molecule has 1 fully saturated rings. The monoisotopic (exact) mass is 502 g/mol. The zero-order valence-electron chi connectivity index (χ0n) is 18.7. The SMILES string of the molecule is COc1cc(C2CCNCC2)ccc1Nc1ncc(Cl)c(Nc2ccccc2CNS(=O)O)n1. The van der Waals surface area contributed by atoms with E-state index >= 15 is 0 Å². The summed E-state index contributed by atoms with van der Waals surface area (Å²) >= 11 is 4.23. The fourth-order valence-corrected chi connectivity index (χ4v) is 4.34. The quantitative estimate of drug-likeness (QED) is 0.274. The van der Waals surface area contributed by atoms with Gasteiger partial charge in [0.25, 0.3) is 0 Å². The third-order valence-corrected chi connectivity index (χ3v) is 6.35. The van der Waals surface area contributed by atoms with E-state index in [4.69, 9.17) is 20.9 Å². The smallest absolute Gasteiger partial charge is 0.232 e. The van der Waals surface area contributed by atoms with Crippen molar-refractivity contribution in [2.45, 2.75) is 25.3 Å². The van der Waals surface area contributed by atoms with Crippen LogP contribution in [0.25, 0.3) is 0 Å². The molecule has 1 aliphatic rings. The number of hydrogen-bond acceptors (Lipinski definition) is 7. The summed E-state index contributed by atoms with van der Waals surface area (Å²) in [7, 11) is 1.65. The molecule has 1 atom stereocenters. The van der Waals surface area contributed by atoms with Crippen LogP contribution in [-0.4, -0.2) is 38.9 Å². The number of nitrogens with one attached hydrogen (secondary N) is 4. The maximum absolute atomic E-state index is 11.0. The van der Waals surface area contributed by atoms with Gasteiger partial charge in [0.15, 0.2) is 5.82 Å². The van der Waals surface area contributed by atoms with Gasteiger partial charge in [-0.05, 0) is 61.2 Å². The lowest BCUT2D eigenvalue weighted by atomic mass is 9.90. The number of benzene rings is 2. The molecule has 1 aliphatic heterocycles. The maximum atomic E-state index is 11.0. The fraction of sp³-hybridized carbons (Fsp3) is 0.304. The van der Waals surface area contributed by atoms with E-state index in [-0.39, 0.29) is 6.54 Å². The number of halogens is 1. The normalized spacial score (nSPS) is 15.0. The van der Waals surface area contributed by atoms with Gasteiger partial charge < -0.3 is 20.7 Å². The van der Waals surface area contributed by atoms with Gasteiger partial charge in [-0.2, -0.15) is 4.98 Å². The van der Waals surface area contributed by atoms with Crippen molar-refractivity contribution in [3.8, 4) is 5.75 Å². The molecule has 4 rings (SSSR count). The summed E-state index contributed by atoms with van der Waals surface area (Å²) in [5.74, 6) is 2.00. The predicted molar refractivity (Wildman–Crippen MR) is 135 cm³/mol. The molecule has 0 spiro atoms. The lowest BCUT2D eigenvalue weighted by Crippen LogP contribution is -2.26. The summed E-state index contributed by atoms with van der Waals surface area (Å²) in [6, 6.07) is 13.5. The molecule has 3 aromatic rings. The molecule has 0 aliphatic carbocycles. The number of para-hydroxylation sites is 1. The molecule has 34 heavy (non-hydrogen) atoms. The summed E-state index contributed by atoms with van der Waals surface area (Å²) in [6.45, 7) is 2.25. The van der Waals surface area contributed by atoms with Crippen LogP contribution in [0.15, 0.2) is 48.7 Å². The van der Waals surface area contributed by atoms with Crippen molar-refractivity contribution >= 4 is 46.0 Å². The van der Waals surface area contributed by atoms with Crippen molar-refractivity contribution in [2.24, 2.45) is 0 Å². The highest BCUT2D eigenvalue weighted by Gasteiger charge is 2.17. The largest absolute Gasteiger partial charge is 0.495 e.